The first-order valence-corrected chi connectivity index (χ1v) is 9.51. The lowest BCUT2D eigenvalue weighted by atomic mass is 10.0. The number of hydrogen-bond acceptors (Lipinski definition) is 8. The lowest BCUT2D eigenvalue weighted by molar-refractivity contribution is -0.122. The third-order valence-corrected chi connectivity index (χ3v) is 5.71. The van der Waals surface area contributed by atoms with E-state index in [0.717, 1.165) is 47.3 Å². The van der Waals surface area contributed by atoms with Gasteiger partial charge in [0, 0.05) is 18.8 Å². The van der Waals surface area contributed by atoms with Gasteiger partial charge in [-0.05, 0) is 36.6 Å². The second-order valence-corrected chi connectivity index (χ2v) is 7.91. The van der Waals surface area contributed by atoms with E-state index in [1.807, 2.05) is 6.92 Å². The van der Waals surface area contributed by atoms with Crippen LogP contribution in [-0.4, -0.2) is 48.6 Å². The fourth-order valence-corrected chi connectivity index (χ4v) is 4.34. The number of tetrazole rings is 1. The van der Waals surface area contributed by atoms with Crippen LogP contribution in [-0.2, 0) is 11.3 Å². The average Bonchev–Trinajstić information content (AvgIpc) is 3.11. The van der Waals surface area contributed by atoms with Crippen LogP contribution in [0.3, 0.4) is 0 Å². The number of aromatic nitrogens is 6. The highest BCUT2D eigenvalue weighted by Crippen LogP contribution is 2.24. The molecule has 1 unspecified atom stereocenters. The highest BCUT2D eigenvalue weighted by Gasteiger charge is 2.27. The minimum Gasteiger partial charge on any atom is -0.355 e. The first kappa shape index (κ1) is 16.3. The Kier molecular flexibility index (Phi) is 5.55. The second kappa shape index (κ2) is 7.82. The van der Waals surface area contributed by atoms with Crippen molar-refractivity contribution >= 4 is 29.0 Å². The largest absolute Gasteiger partial charge is 0.355 e. The number of hydrogen-bond donors (Lipinski definition) is 1. The minimum atomic E-state index is -0.231. The summed E-state index contributed by atoms with van der Waals surface area (Å²) < 4.78 is 2.74. The van der Waals surface area contributed by atoms with Gasteiger partial charge >= 0.3 is 0 Å². The first-order valence-electron chi connectivity index (χ1n) is 7.70. The summed E-state index contributed by atoms with van der Waals surface area (Å²) in [7, 11) is 0. The van der Waals surface area contributed by atoms with Gasteiger partial charge in [0.1, 0.15) is 5.01 Å². The molecule has 8 nitrogen and oxygen atoms in total. The van der Waals surface area contributed by atoms with Gasteiger partial charge in [-0.2, -0.15) is 0 Å². The minimum absolute atomic E-state index is 0.0275. The van der Waals surface area contributed by atoms with E-state index in [0.29, 0.717) is 12.4 Å². The Balaban J connectivity index is 1.43. The summed E-state index contributed by atoms with van der Waals surface area (Å²) in [4.78, 5) is 12.4. The number of rotatable bonds is 6. The van der Waals surface area contributed by atoms with Gasteiger partial charge in [-0.15, -0.1) is 15.3 Å². The molecule has 0 bridgehead atoms. The molecule has 0 aliphatic carbocycles. The van der Waals surface area contributed by atoms with Crippen LogP contribution in [0.25, 0.3) is 0 Å². The molecule has 0 spiro atoms. The summed E-state index contributed by atoms with van der Waals surface area (Å²) in [5.41, 5.74) is 0. The van der Waals surface area contributed by atoms with Crippen LogP contribution >= 0.6 is 23.1 Å². The number of thioether (sulfide) groups is 1. The number of nitrogens with one attached hydrogen (secondary N) is 1. The van der Waals surface area contributed by atoms with E-state index < -0.39 is 0 Å². The zero-order valence-electron chi connectivity index (χ0n) is 12.9. The number of carbonyl (C=O) groups excluding carboxylic acids is 1. The molecule has 1 atom stereocenters. The zero-order valence-corrected chi connectivity index (χ0v) is 14.6. The Morgan fingerprint density at radius 1 is 1.39 bits per heavy atom. The lowest BCUT2D eigenvalue weighted by Crippen LogP contribution is -2.31. The van der Waals surface area contributed by atoms with Crippen molar-refractivity contribution in [2.45, 2.75) is 49.4 Å². The number of fused-ring (bicyclic) bond motifs is 1. The fourth-order valence-electron chi connectivity index (χ4n) is 2.51. The molecule has 0 fully saturated rings. The Bertz CT molecular complexity index is 656. The van der Waals surface area contributed by atoms with E-state index in [1.165, 1.54) is 0 Å². The second-order valence-electron chi connectivity index (χ2n) is 5.39. The normalized spacial score (nSPS) is 17.5. The standard InChI is InChI=1S/C13H19N7OS2/c1-9-15-17-13(23-9)22-8-4-6-14-12(21)10-5-2-3-7-20-11(10)16-18-19-20/h10H,2-8H2,1H3,(H,14,21). The smallest absolute Gasteiger partial charge is 0.230 e. The highest BCUT2D eigenvalue weighted by molar-refractivity contribution is 8.01. The van der Waals surface area contributed by atoms with E-state index in [-0.39, 0.29) is 11.8 Å². The highest BCUT2D eigenvalue weighted by atomic mass is 32.2. The summed E-state index contributed by atoms with van der Waals surface area (Å²) in [5, 5.41) is 23.7. The molecule has 0 saturated carbocycles. The molecule has 3 heterocycles. The third kappa shape index (κ3) is 4.25. The van der Waals surface area contributed by atoms with Gasteiger partial charge in [0.25, 0.3) is 0 Å². The van der Waals surface area contributed by atoms with Crippen LogP contribution in [0.4, 0.5) is 0 Å². The van der Waals surface area contributed by atoms with Gasteiger partial charge in [0.2, 0.25) is 5.91 Å². The molecule has 2 aromatic rings. The van der Waals surface area contributed by atoms with Crippen molar-refractivity contribution in [3.63, 3.8) is 0 Å². The lowest BCUT2D eigenvalue weighted by Gasteiger charge is -2.13. The van der Waals surface area contributed by atoms with Crippen LogP contribution < -0.4 is 5.32 Å². The van der Waals surface area contributed by atoms with E-state index in [1.54, 1.807) is 27.8 Å². The molecule has 1 N–H and O–H groups in total. The van der Waals surface area contributed by atoms with Crippen molar-refractivity contribution in [2.75, 3.05) is 12.3 Å². The van der Waals surface area contributed by atoms with E-state index >= 15 is 0 Å². The Morgan fingerprint density at radius 3 is 3.13 bits per heavy atom. The molecule has 1 aliphatic heterocycles. The van der Waals surface area contributed by atoms with Gasteiger partial charge in [-0.1, -0.05) is 29.5 Å². The number of amides is 1. The molecule has 2 aromatic heterocycles. The van der Waals surface area contributed by atoms with Crippen LogP contribution in [0.5, 0.6) is 0 Å². The Labute approximate surface area is 142 Å². The SMILES string of the molecule is Cc1nnc(SCCCNC(=O)C2CCCCn3nnnc32)s1. The maximum absolute atomic E-state index is 12.4. The maximum Gasteiger partial charge on any atom is 0.230 e. The molecule has 0 aromatic carbocycles. The van der Waals surface area contributed by atoms with E-state index in [4.69, 9.17) is 0 Å². The Morgan fingerprint density at radius 2 is 2.30 bits per heavy atom. The molecule has 0 saturated heterocycles. The van der Waals surface area contributed by atoms with Gasteiger partial charge in [0.05, 0.1) is 5.92 Å². The summed E-state index contributed by atoms with van der Waals surface area (Å²) in [6.07, 6.45) is 3.73. The molecular weight excluding hydrogens is 334 g/mol. The van der Waals surface area contributed by atoms with E-state index in [2.05, 4.69) is 31.0 Å². The molecule has 1 aliphatic rings. The van der Waals surface area contributed by atoms with Gasteiger partial charge in [0.15, 0.2) is 10.2 Å². The van der Waals surface area contributed by atoms with Crippen molar-refractivity contribution in [1.82, 2.24) is 35.7 Å². The molecule has 23 heavy (non-hydrogen) atoms. The third-order valence-electron chi connectivity index (χ3n) is 3.65. The average molecular weight is 353 g/mol. The zero-order chi connectivity index (χ0) is 16.1. The van der Waals surface area contributed by atoms with Crippen molar-refractivity contribution in [2.24, 2.45) is 0 Å². The van der Waals surface area contributed by atoms with Crippen molar-refractivity contribution in [1.29, 1.82) is 0 Å². The van der Waals surface area contributed by atoms with Crippen molar-refractivity contribution in [3.8, 4) is 0 Å². The number of nitrogens with zero attached hydrogens (tertiary/aromatic N) is 6. The number of aryl methyl sites for hydroxylation is 2. The first-order chi connectivity index (χ1) is 11.2. The van der Waals surface area contributed by atoms with Crippen LogP contribution in [0.15, 0.2) is 4.34 Å². The summed E-state index contributed by atoms with van der Waals surface area (Å²) >= 11 is 3.28. The Hall–Kier alpha value is -1.55. The van der Waals surface area contributed by atoms with Gasteiger partial charge in [-0.3, -0.25) is 4.79 Å². The van der Waals surface area contributed by atoms with Crippen LogP contribution in [0.2, 0.25) is 0 Å². The molecule has 0 radical (unpaired) electrons. The van der Waals surface area contributed by atoms with Gasteiger partial charge < -0.3 is 5.32 Å². The van der Waals surface area contributed by atoms with Crippen LogP contribution in [0.1, 0.15) is 42.4 Å². The summed E-state index contributed by atoms with van der Waals surface area (Å²) in [6.45, 7) is 3.40. The monoisotopic (exact) mass is 353 g/mol. The molecule has 3 rings (SSSR count). The predicted octanol–water partition coefficient (Wildman–Crippen LogP) is 1.40. The topological polar surface area (TPSA) is 98.5 Å². The summed E-state index contributed by atoms with van der Waals surface area (Å²) in [6, 6.07) is 0. The quantitative estimate of drug-likeness (QED) is 0.619. The molecular formula is C13H19N7OS2. The van der Waals surface area contributed by atoms with Crippen molar-refractivity contribution < 1.29 is 4.79 Å². The fraction of sp³-hybridized carbons (Fsp3) is 0.692. The molecule has 10 heteroatoms. The van der Waals surface area contributed by atoms with E-state index in [9.17, 15) is 4.79 Å². The number of carbonyl (C=O) groups is 1. The predicted molar refractivity (Wildman–Crippen MR) is 87.4 cm³/mol. The van der Waals surface area contributed by atoms with Crippen LogP contribution in [0, 0.1) is 6.92 Å². The summed E-state index contributed by atoms with van der Waals surface area (Å²) in [5.74, 6) is 1.40. The van der Waals surface area contributed by atoms with Gasteiger partial charge in [-0.25, -0.2) is 4.68 Å². The van der Waals surface area contributed by atoms with Crippen molar-refractivity contribution in [3.05, 3.63) is 10.8 Å². The molecule has 1 amide bonds. The maximum atomic E-state index is 12.4. The molecule has 124 valence electrons.